The lowest BCUT2D eigenvalue weighted by Crippen LogP contribution is -2.11. The van der Waals surface area contributed by atoms with Crippen LogP contribution in [0, 0.1) is 25.2 Å². The molecule has 3 rings (SSSR count). The number of aryl methyl sites for hydroxylation is 2. The molecule has 0 unspecified atom stereocenters. The quantitative estimate of drug-likeness (QED) is 0.737. The molecule has 0 aliphatic rings. The Labute approximate surface area is 144 Å². The minimum atomic E-state index is -0.631. The Morgan fingerprint density at radius 3 is 2.68 bits per heavy atom. The van der Waals surface area contributed by atoms with Crippen LogP contribution in [-0.2, 0) is 4.74 Å². The second-order valence-electron chi connectivity index (χ2n) is 5.46. The monoisotopic (exact) mass is 336 g/mol. The zero-order valence-corrected chi connectivity index (χ0v) is 14.0. The predicted molar refractivity (Wildman–Crippen MR) is 91.2 cm³/mol. The van der Waals surface area contributed by atoms with Crippen molar-refractivity contribution in [2.24, 2.45) is 0 Å². The molecule has 7 nitrogen and oxygen atoms in total. The van der Waals surface area contributed by atoms with Gasteiger partial charge in [0.05, 0.1) is 35.3 Å². The molecule has 0 fully saturated rings. The number of ether oxygens (including phenoxy) is 1. The summed E-state index contributed by atoms with van der Waals surface area (Å²) in [6.07, 6.45) is 1.50. The second-order valence-corrected chi connectivity index (χ2v) is 5.46. The molecule has 25 heavy (non-hydrogen) atoms. The molecule has 0 saturated carbocycles. The van der Waals surface area contributed by atoms with Crippen LogP contribution in [0.15, 0.2) is 34.9 Å². The highest BCUT2D eigenvalue weighted by atomic mass is 16.5. The number of hydrogen-bond donors (Lipinski definition) is 1. The second kappa shape index (κ2) is 6.17. The number of nitrogen functional groups attached to an aromatic ring is 1. The standard InChI is InChI=1S/C18H16N4O3/c1-10-11(2)25-17(21-10)13-6-4-5-7-14(13)22-9-12(8-19)15(20)16(22)18(23)24-3/h4-7,9H,20H2,1-3H3. The minimum absolute atomic E-state index is 0.0731. The van der Waals surface area contributed by atoms with Crippen molar-refractivity contribution >= 4 is 11.7 Å². The predicted octanol–water partition coefficient (Wildman–Crippen LogP) is 2.99. The van der Waals surface area contributed by atoms with Gasteiger partial charge in [0.2, 0.25) is 5.89 Å². The van der Waals surface area contributed by atoms with E-state index in [4.69, 9.17) is 14.9 Å². The fourth-order valence-electron chi connectivity index (χ4n) is 2.56. The number of aromatic nitrogens is 2. The van der Waals surface area contributed by atoms with Crippen molar-refractivity contribution in [3.8, 4) is 23.2 Å². The van der Waals surface area contributed by atoms with Gasteiger partial charge in [-0.3, -0.25) is 0 Å². The van der Waals surface area contributed by atoms with E-state index in [1.165, 1.54) is 17.9 Å². The number of hydrogen-bond acceptors (Lipinski definition) is 6. The number of oxazole rings is 1. The van der Waals surface area contributed by atoms with Gasteiger partial charge in [-0.1, -0.05) is 12.1 Å². The Kier molecular flexibility index (Phi) is 4.03. The first kappa shape index (κ1) is 16.3. The van der Waals surface area contributed by atoms with Crippen molar-refractivity contribution in [3.05, 3.63) is 53.2 Å². The lowest BCUT2D eigenvalue weighted by Gasteiger charge is -2.11. The molecule has 2 heterocycles. The number of para-hydroxylation sites is 1. The van der Waals surface area contributed by atoms with E-state index in [9.17, 15) is 10.1 Å². The number of carbonyl (C=O) groups excluding carboxylic acids is 1. The summed E-state index contributed by atoms with van der Waals surface area (Å²) >= 11 is 0. The number of anilines is 1. The molecular formula is C18H16N4O3. The lowest BCUT2D eigenvalue weighted by atomic mass is 10.1. The van der Waals surface area contributed by atoms with Crippen LogP contribution < -0.4 is 5.73 Å². The van der Waals surface area contributed by atoms with Crippen LogP contribution >= 0.6 is 0 Å². The SMILES string of the molecule is COC(=O)c1c(N)c(C#N)cn1-c1ccccc1-c1nc(C)c(C)o1. The number of methoxy groups -OCH3 is 1. The number of rotatable bonds is 3. The van der Waals surface area contributed by atoms with Crippen LogP contribution in [0.2, 0.25) is 0 Å². The number of carbonyl (C=O) groups is 1. The molecule has 0 spiro atoms. The molecule has 126 valence electrons. The van der Waals surface area contributed by atoms with Gasteiger partial charge in [0.15, 0.2) is 5.69 Å². The van der Waals surface area contributed by atoms with Crippen LogP contribution in [0.3, 0.4) is 0 Å². The molecule has 0 radical (unpaired) electrons. The van der Waals surface area contributed by atoms with Crippen molar-refractivity contribution < 1.29 is 13.9 Å². The molecule has 0 saturated heterocycles. The molecular weight excluding hydrogens is 320 g/mol. The average Bonchev–Trinajstić information content (AvgIpc) is 3.13. The summed E-state index contributed by atoms with van der Waals surface area (Å²) in [6.45, 7) is 3.68. The van der Waals surface area contributed by atoms with E-state index in [1.54, 1.807) is 6.07 Å². The molecule has 0 atom stereocenters. The summed E-state index contributed by atoms with van der Waals surface area (Å²) in [7, 11) is 1.26. The Morgan fingerprint density at radius 1 is 1.36 bits per heavy atom. The van der Waals surface area contributed by atoms with E-state index >= 15 is 0 Å². The fraction of sp³-hybridized carbons (Fsp3) is 0.167. The van der Waals surface area contributed by atoms with Gasteiger partial charge in [-0.15, -0.1) is 0 Å². The molecule has 1 aromatic carbocycles. The Hall–Kier alpha value is -3.53. The molecule has 0 aliphatic heterocycles. The number of nitriles is 1. The Balaban J connectivity index is 2.28. The van der Waals surface area contributed by atoms with Gasteiger partial charge >= 0.3 is 5.97 Å². The van der Waals surface area contributed by atoms with Gasteiger partial charge in [-0.25, -0.2) is 9.78 Å². The van der Waals surface area contributed by atoms with E-state index < -0.39 is 5.97 Å². The van der Waals surface area contributed by atoms with Gasteiger partial charge in [0.1, 0.15) is 11.8 Å². The molecule has 0 amide bonds. The fourth-order valence-corrected chi connectivity index (χ4v) is 2.56. The number of nitrogens with two attached hydrogens (primary N) is 1. The normalized spacial score (nSPS) is 10.5. The van der Waals surface area contributed by atoms with Crippen molar-refractivity contribution in [3.63, 3.8) is 0 Å². The molecule has 0 bridgehead atoms. The summed E-state index contributed by atoms with van der Waals surface area (Å²) in [5.41, 5.74) is 8.37. The van der Waals surface area contributed by atoms with Crippen LogP contribution in [0.1, 0.15) is 27.5 Å². The van der Waals surface area contributed by atoms with Crippen molar-refractivity contribution in [1.29, 1.82) is 5.26 Å². The molecule has 3 aromatic rings. The summed E-state index contributed by atoms with van der Waals surface area (Å²) in [4.78, 5) is 16.6. The maximum atomic E-state index is 12.2. The smallest absolute Gasteiger partial charge is 0.357 e. The lowest BCUT2D eigenvalue weighted by molar-refractivity contribution is 0.0593. The largest absolute Gasteiger partial charge is 0.464 e. The van der Waals surface area contributed by atoms with Crippen LogP contribution in [-0.4, -0.2) is 22.6 Å². The maximum absolute atomic E-state index is 12.2. The van der Waals surface area contributed by atoms with E-state index in [0.717, 1.165) is 5.69 Å². The Bertz CT molecular complexity index is 988. The zero-order chi connectivity index (χ0) is 18.1. The van der Waals surface area contributed by atoms with Crippen molar-refractivity contribution in [1.82, 2.24) is 9.55 Å². The molecule has 2 N–H and O–H groups in total. The number of esters is 1. The first-order valence-corrected chi connectivity index (χ1v) is 7.51. The van der Waals surface area contributed by atoms with E-state index in [1.807, 2.05) is 38.1 Å². The third-order valence-electron chi connectivity index (χ3n) is 3.97. The highest BCUT2D eigenvalue weighted by Gasteiger charge is 2.24. The van der Waals surface area contributed by atoms with E-state index in [-0.39, 0.29) is 16.9 Å². The highest BCUT2D eigenvalue weighted by Crippen LogP contribution is 2.32. The highest BCUT2D eigenvalue weighted by molar-refractivity contribution is 5.96. The third-order valence-corrected chi connectivity index (χ3v) is 3.97. The maximum Gasteiger partial charge on any atom is 0.357 e. The topological polar surface area (TPSA) is 107 Å². The van der Waals surface area contributed by atoms with Gasteiger partial charge < -0.3 is 19.5 Å². The van der Waals surface area contributed by atoms with Crippen molar-refractivity contribution in [2.75, 3.05) is 12.8 Å². The summed E-state index contributed by atoms with van der Waals surface area (Å²) in [5.74, 6) is 0.503. The number of benzene rings is 1. The third kappa shape index (κ3) is 2.64. The van der Waals surface area contributed by atoms with E-state index in [2.05, 4.69) is 4.98 Å². The van der Waals surface area contributed by atoms with Crippen LogP contribution in [0.25, 0.3) is 17.1 Å². The Morgan fingerprint density at radius 2 is 2.08 bits per heavy atom. The van der Waals surface area contributed by atoms with Crippen LogP contribution in [0.5, 0.6) is 0 Å². The van der Waals surface area contributed by atoms with Gasteiger partial charge in [-0.05, 0) is 26.0 Å². The summed E-state index contributed by atoms with van der Waals surface area (Å²) in [5, 5.41) is 9.26. The average molecular weight is 336 g/mol. The van der Waals surface area contributed by atoms with Crippen LogP contribution in [0.4, 0.5) is 5.69 Å². The first-order valence-electron chi connectivity index (χ1n) is 7.51. The van der Waals surface area contributed by atoms with Gasteiger partial charge in [0, 0.05) is 6.20 Å². The first-order chi connectivity index (χ1) is 12.0. The molecule has 2 aromatic heterocycles. The summed E-state index contributed by atoms with van der Waals surface area (Å²) < 4.78 is 12.1. The van der Waals surface area contributed by atoms with Gasteiger partial charge in [0.25, 0.3) is 0 Å². The minimum Gasteiger partial charge on any atom is -0.464 e. The zero-order valence-electron chi connectivity index (χ0n) is 14.0. The molecule has 7 heteroatoms. The number of nitrogens with zero attached hydrogens (tertiary/aromatic N) is 3. The van der Waals surface area contributed by atoms with E-state index in [0.29, 0.717) is 22.9 Å². The summed E-state index contributed by atoms with van der Waals surface area (Å²) in [6, 6.07) is 9.24. The van der Waals surface area contributed by atoms with Crippen molar-refractivity contribution in [2.45, 2.75) is 13.8 Å². The van der Waals surface area contributed by atoms with Gasteiger partial charge in [-0.2, -0.15) is 5.26 Å². The molecule has 0 aliphatic carbocycles.